The number of hydrogen-bond acceptors (Lipinski definition) is 4. The third-order valence-electron chi connectivity index (χ3n) is 5.01. The molecule has 0 aliphatic heterocycles. The standard InChI is InChI=1S/C22H28N2O3S/c1-5-16-8-10-24(11-9-16)13-19(25)23-21-20(22(26)27-14(2)3)17-7-6-15(4)12-18(17)28-21/h8-11,14-15H,5-7,12-13H2,1-4H3/p+1/t15-/m0/s1. The van der Waals surface area contributed by atoms with Crippen LogP contribution in [0.2, 0.25) is 0 Å². The molecule has 1 aliphatic rings. The zero-order valence-electron chi connectivity index (χ0n) is 17.1. The molecule has 2 aromatic rings. The molecule has 0 fully saturated rings. The van der Waals surface area contributed by atoms with Crippen LogP contribution in [-0.4, -0.2) is 18.0 Å². The number of nitrogens with one attached hydrogen (secondary N) is 1. The number of rotatable bonds is 6. The molecule has 0 radical (unpaired) electrons. The van der Waals surface area contributed by atoms with Crippen LogP contribution in [0.5, 0.6) is 0 Å². The van der Waals surface area contributed by atoms with E-state index in [1.165, 1.54) is 21.8 Å². The Kier molecular flexibility index (Phi) is 6.50. The number of pyridine rings is 1. The number of carbonyl (C=O) groups is 2. The van der Waals surface area contributed by atoms with E-state index in [0.717, 1.165) is 31.2 Å². The van der Waals surface area contributed by atoms with Gasteiger partial charge in [0, 0.05) is 17.0 Å². The van der Waals surface area contributed by atoms with E-state index in [-0.39, 0.29) is 24.5 Å². The molecular weight excluding hydrogens is 372 g/mol. The summed E-state index contributed by atoms with van der Waals surface area (Å²) in [5.41, 5.74) is 2.85. The maximum absolute atomic E-state index is 12.7. The molecule has 1 aliphatic carbocycles. The number of anilines is 1. The Balaban J connectivity index is 1.81. The Bertz CT molecular complexity index is 855. The third kappa shape index (κ3) is 4.79. The van der Waals surface area contributed by atoms with Crippen LogP contribution in [-0.2, 0) is 35.3 Å². The van der Waals surface area contributed by atoms with Crippen molar-refractivity contribution in [3.63, 3.8) is 0 Å². The number of esters is 1. The normalized spacial score (nSPS) is 16.0. The summed E-state index contributed by atoms with van der Waals surface area (Å²) in [4.78, 5) is 26.6. The van der Waals surface area contributed by atoms with Gasteiger partial charge in [0.1, 0.15) is 5.00 Å². The van der Waals surface area contributed by atoms with Gasteiger partial charge < -0.3 is 10.1 Å². The Morgan fingerprint density at radius 1 is 1.32 bits per heavy atom. The second-order valence-electron chi connectivity index (χ2n) is 7.79. The lowest BCUT2D eigenvalue weighted by molar-refractivity contribution is -0.684. The van der Waals surface area contributed by atoms with E-state index in [2.05, 4.69) is 19.2 Å². The van der Waals surface area contributed by atoms with Crippen LogP contribution in [0.4, 0.5) is 5.00 Å². The van der Waals surface area contributed by atoms with Gasteiger partial charge in [0.2, 0.25) is 6.54 Å². The molecule has 6 heteroatoms. The number of carbonyl (C=O) groups excluding carboxylic acids is 2. The summed E-state index contributed by atoms with van der Waals surface area (Å²) in [6, 6.07) is 4.04. The minimum atomic E-state index is -0.336. The summed E-state index contributed by atoms with van der Waals surface area (Å²) >= 11 is 1.52. The van der Waals surface area contributed by atoms with E-state index >= 15 is 0 Å². The van der Waals surface area contributed by atoms with Gasteiger partial charge in [-0.25, -0.2) is 4.79 Å². The zero-order chi connectivity index (χ0) is 20.3. The maximum Gasteiger partial charge on any atom is 0.341 e. The molecular formula is C22H29N2O3S+. The number of fused-ring (bicyclic) bond motifs is 1. The molecule has 1 N–H and O–H groups in total. The first-order chi connectivity index (χ1) is 13.4. The lowest BCUT2D eigenvalue weighted by atomic mass is 9.88. The van der Waals surface area contributed by atoms with Crippen molar-refractivity contribution in [2.45, 2.75) is 66.0 Å². The molecule has 0 aromatic carbocycles. The first kappa shape index (κ1) is 20.5. The highest BCUT2D eigenvalue weighted by Gasteiger charge is 2.30. The van der Waals surface area contributed by atoms with Crippen molar-refractivity contribution in [1.82, 2.24) is 0 Å². The summed E-state index contributed by atoms with van der Waals surface area (Å²) in [7, 11) is 0. The van der Waals surface area contributed by atoms with Crippen molar-refractivity contribution in [2.24, 2.45) is 5.92 Å². The molecule has 3 rings (SSSR count). The van der Waals surface area contributed by atoms with Crippen LogP contribution < -0.4 is 9.88 Å². The van der Waals surface area contributed by atoms with Gasteiger partial charge in [-0.3, -0.25) is 4.79 Å². The van der Waals surface area contributed by atoms with Crippen LogP contribution in [0.3, 0.4) is 0 Å². The maximum atomic E-state index is 12.7. The Morgan fingerprint density at radius 2 is 2.04 bits per heavy atom. The number of thiophene rings is 1. The van der Waals surface area contributed by atoms with Gasteiger partial charge in [-0.2, -0.15) is 4.57 Å². The van der Waals surface area contributed by atoms with Crippen LogP contribution >= 0.6 is 11.3 Å². The van der Waals surface area contributed by atoms with Gasteiger partial charge in [-0.15, -0.1) is 11.3 Å². The predicted octanol–water partition coefficient (Wildman–Crippen LogP) is 3.93. The van der Waals surface area contributed by atoms with E-state index in [4.69, 9.17) is 4.74 Å². The van der Waals surface area contributed by atoms with E-state index in [1.54, 1.807) is 0 Å². The monoisotopic (exact) mass is 401 g/mol. The first-order valence-electron chi connectivity index (χ1n) is 10.0. The van der Waals surface area contributed by atoms with E-state index in [9.17, 15) is 9.59 Å². The van der Waals surface area contributed by atoms with E-state index in [0.29, 0.717) is 16.5 Å². The number of amides is 1. The summed E-state index contributed by atoms with van der Waals surface area (Å²) in [5, 5.41) is 3.60. The van der Waals surface area contributed by atoms with Crippen molar-refractivity contribution in [2.75, 3.05) is 5.32 Å². The second kappa shape index (κ2) is 8.86. The number of aromatic nitrogens is 1. The van der Waals surface area contributed by atoms with Crippen molar-refractivity contribution in [3.05, 3.63) is 46.1 Å². The largest absolute Gasteiger partial charge is 0.459 e. The van der Waals surface area contributed by atoms with Crippen LogP contribution in [0.1, 0.15) is 60.5 Å². The second-order valence-corrected chi connectivity index (χ2v) is 8.90. The molecule has 28 heavy (non-hydrogen) atoms. The lowest BCUT2D eigenvalue weighted by Gasteiger charge is -2.18. The SMILES string of the molecule is CCc1cc[n+](CC(=O)Nc2sc3c(c2C(=O)OC(C)C)CC[C@H](C)C3)cc1. The predicted molar refractivity (Wildman–Crippen MR) is 111 cm³/mol. The molecule has 1 atom stereocenters. The highest BCUT2D eigenvalue weighted by molar-refractivity contribution is 7.17. The van der Waals surface area contributed by atoms with Crippen LogP contribution in [0.25, 0.3) is 0 Å². The summed E-state index contributed by atoms with van der Waals surface area (Å²) in [6.45, 7) is 8.22. The highest BCUT2D eigenvalue weighted by atomic mass is 32.1. The smallest absolute Gasteiger partial charge is 0.341 e. The lowest BCUT2D eigenvalue weighted by Crippen LogP contribution is -2.39. The fraction of sp³-hybridized carbons (Fsp3) is 0.500. The number of nitrogens with zero attached hydrogens (tertiary/aromatic N) is 1. The molecule has 5 nitrogen and oxygen atoms in total. The Hall–Kier alpha value is -2.21. The van der Waals surface area contributed by atoms with E-state index < -0.39 is 0 Å². The van der Waals surface area contributed by atoms with Gasteiger partial charge >= 0.3 is 5.97 Å². The number of ether oxygens (including phenoxy) is 1. The van der Waals surface area contributed by atoms with Gasteiger partial charge in [0.25, 0.3) is 5.91 Å². The topological polar surface area (TPSA) is 59.3 Å². The minimum absolute atomic E-state index is 0.139. The zero-order valence-corrected chi connectivity index (χ0v) is 17.9. The Labute approximate surface area is 170 Å². The molecule has 0 unspecified atom stereocenters. The Morgan fingerprint density at radius 3 is 2.68 bits per heavy atom. The fourth-order valence-electron chi connectivity index (χ4n) is 3.49. The summed E-state index contributed by atoms with van der Waals surface area (Å²) in [5.74, 6) is 0.119. The molecule has 2 aromatic heterocycles. The highest BCUT2D eigenvalue weighted by Crippen LogP contribution is 2.40. The van der Waals surface area contributed by atoms with E-state index in [1.807, 2.05) is 42.9 Å². The quantitative estimate of drug-likeness (QED) is 0.589. The first-order valence-corrected chi connectivity index (χ1v) is 10.8. The summed E-state index contributed by atoms with van der Waals surface area (Å²) in [6.07, 6.45) is 7.46. The number of hydrogen-bond donors (Lipinski definition) is 1. The molecule has 0 saturated carbocycles. The van der Waals surface area contributed by atoms with Crippen molar-refractivity contribution >= 4 is 28.2 Å². The van der Waals surface area contributed by atoms with Gasteiger partial charge in [0.15, 0.2) is 12.4 Å². The molecule has 0 spiro atoms. The van der Waals surface area contributed by atoms with Gasteiger partial charge in [0.05, 0.1) is 11.7 Å². The summed E-state index contributed by atoms with van der Waals surface area (Å²) < 4.78 is 7.31. The molecule has 150 valence electrons. The van der Waals surface area contributed by atoms with Crippen molar-refractivity contribution in [3.8, 4) is 0 Å². The average molecular weight is 402 g/mol. The van der Waals surface area contributed by atoms with Crippen molar-refractivity contribution < 1.29 is 18.9 Å². The van der Waals surface area contributed by atoms with Crippen LogP contribution in [0.15, 0.2) is 24.5 Å². The fourth-order valence-corrected chi connectivity index (χ4v) is 4.90. The molecule has 1 amide bonds. The molecule has 2 heterocycles. The minimum Gasteiger partial charge on any atom is -0.459 e. The number of aryl methyl sites for hydroxylation is 1. The molecule has 0 bridgehead atoms. The van der Waals surface area contributed by atoms with Crippen LogP contribution in [0, 0.1) is 5.92 Å². The van der Waals surface area contributed by atoms with Gasteiger partial charge in [-0.05, 0) is 56.6 Å². The van der Waals surface area contributed by atoms with Gasteiger partial charge in [-0.1, -0.05) is 13.8 Å². The average Bonchev–Trinajstić information content (AvgIpc) is 2.98. The molecule has 0 saturated heterocycles. The van der Waals surface area contributed by atoms with Crippen molar-refractivity contribution in [1.29, 1.82) is 0 Å². The third-order valence-corrected chi connectivity index (χ3v) is 6.18.